The van der Waals surface area contributed by atoms with Crippen LogP contribution in [0.5, 0.6) is 0 Å². The molecule has 1 fully saturated rings. The van der Waals surface area contributed by atoms with E-state index >= 15 is 0 Å². The predicted octanol–water partition coefficient (Wildman–Crippen LogP) is -1.99. The van der Waals surface area contributed by atoms with Crippen molar-refractivity contribution in [2.24, 2.45) is 4.99 Å². The van der Waals surface area contributed by atoms with E-state index in [9.17, 15) is 9.59 Å². The third-order valence-electron chi connectivity index (χ3n) is 3.61. The normalized spacial score (nSPS) is 29.9. The summed E-state index contributed by atoms with van der Waals surface area (Å²) in [7, 11) is 1.97. The quantitative estimate of drug-likeness (QED) is 0.247. The summed E-state index contributed by atoms with van der Waals surface area (Å²) in [6, 6.07) is 0.339. The van der Waals surface area contributed by atoms with Gasteiger partial charge < -0.3 is 28.7 Å². The van der Waals surface area contributed by atoms with Gasteiger partial charge in [-0.1, -0.05) is 0 Å². The Morgan fingerprint density at radius 1 is 1.61 bits per heavy atom. The van der Waals surface area contributed by atoms with Crippen molar-refractivity contribution in [3.8, 4) is 0 Å². The Bertz CT molecular complexity index is 445. The van der Waals surface area contributed by atoms with Crippen LogP contribution in [0.4, 0.5) is 0 Å². The lowest BCUT2D eigenvalue weighted by Gasteiger charge is -2.31. The van der Waals surface area contributed by atoms with Crippen LogP contribution >= 0.6 is 0 Å². The number of esters is 1. The molecule has 2 aliphatic rings. The number of quaternary nitrogens is 1. The molecule has 2 atom stereocenters. The van der Waals surface area contributed by atoms with E-state index in [1.54, 1.807) is 13.1 Å². The number of ether oxygens (including phenoxy) is 1. The first-order chi connectivity index (χ1) is 7.99. The van der Waals surface area contributed by atoms with Crippen molar-refractivity contribution in [1.82, 2.24) is 0 Å². The fourth-order valence-electron chi connectivity index (χ4n) is 2.32. The fraction of sp³-hybridized carbons (Fsp3) is 0.583. The minimum Gasteiger partial charge on any atom is -1.00 e. The van der Waals surface area contributed by atoms with Gasteiger partial charge in [0.15, 0.2) is 5.57 Å². The average molecular weight is 364 g/mol. The molecule has 1 amide bonds. The van der Waals surface area contributed by atoms with Crippen LogP contribution in [0.2, 0.25) is 0 Å². The maximum absolute atomic E-state index is 11.7. The number of halogens is 1. The second kappa shape index (κ2) is 5.48. The van der Waals surface area contributed by atoms with E-state index in [4.69, 9.17) is 4.74 Å². The number of amidine groups is 1. The second-order valence-corrected chi connectivity index (χ2v) is 4.63. The number of nitrogens with zero attached hydrogens (tertiary/aromatic N) is 2. The minimum atomic E-state index is -0.571. The standard InChI is InChI=1S/C12H17N2O3.HI/c1-4-17-12(16)9-7-14(3)8(2)5-6-10(14)13-11(9)15;/h7-8H,4-6H2,1-3H3;1H/q+1;/p-1. The Morgan fingerprint density at radius 2 is 2.28 bits per heavy atom. The summed E-state index contributed by atoms with van der Waals surface area (Å²) in [5.74, 6) is -0.197. The molecule has 1 saturated heterocycles. The number of hydrogen-bond acceptors (Lipinski definition) is 3. The van der Waals surface area contributed by atoms with Crippen molar-refractivity contribution in [2.45, 2.75) is 32.7 Å². The highest BCUT2D eigenvalue weighted by molar-refractivity contribution is 6.19. The SMILES string of the molecule is CCOC(=O)C1=C[N+]2(C)C(=NC1=O)CCC2C.[I-]. The summed E-state index contributed by atoms with van der Waals surface area (Å²) in [5.41, 5.74) is 0.0619. The van der Waals surface area contributed by atoms with E-state index in [0.29, 0.717) is 10.5 Å². The first-order valence-electron chi connectivity index (χ1n) is 5.87. The molecule has 0 aromatic heterocycles. The molecule has 0 spiro atoms. The van der Waals surface area contributed by atoms with Gasteiger partial charge in [-0.05, 0) is 13.8 Å². The van der Waals surface area contributed by atoms with Crippen LogP contribution in [0.15, 0.2) is 16.8 Å². The first kappa shape index (κ1) is 15.3. The van der Waals surface area contributed by atoms with E-state index in [2.05, 4.69) is 11.9 Å². The van der Waals surface area contributed by atoms with Crippen molar-refractivity contribution in [3.05, 3.63) is 11.8 Å². The fourth-order valence-corrected chi connectivity index (χ4v) is 2.32. The molecule has 2 unspecified atom stereocenters. The van der Waals surface area contributed by atoms with Crippen LogP contribution in [0.3, 0.4) is 0 Å². The van der Waals surface area contributed by atoms with Gasteiger partial charge >= 0.3 is 5.97 Å². The van der Waals surface area contributed by atoms with Gasteiger partial charge in [0.2, 0.25) is 5.84 Å². The summed E-state index contributed by atoms with van der Waals surface area (Å²) in [6.45, 7) is 4.08. The van der Waals surface area contributed by atoms with Gasteiger partial charge in [0.25, 0.3) is 5.91 Å². The summed E-state index contributed by atoms with van der Waals surface area (Å²) < 4.78 is 5.33. The Morgan fingerprint density at radius 3 is 2.89 bits per heavy atom. The van der Waals surface area contributed by atoms with Gasteiger partial charge in [0, 0.05) is 12.8 Å². The molecule has 0 aromatic rings. The molecule has 100 valence electrons. The van der Waals surface area contributed by atoms with Gasteiger partial charge in [-0.2, -0.15) is 4.99 Å². The van der Waals surface area contributed by atoms with E-state index < -0.39 is 11.9 Å². The zero-order valence-corrected chi connectivity index (χ0v) is 12.9. The lowest BCUT2D eigenvalue weighted by Crippen LogP contribution is -3.00. The van der Waals surface area contributed by atoms with E-state index in [0.717, 1.165) is 18.7 Å². The molecule has 18 heavy (non-hydrogen) atoms. The topological polar surface area (TPSA) is 55.7 Å². The van der Waals surface area contributed by atoms with Crippen LogP contribution in [0.1, 0.15) is 26.7 Å². The lowest BCUT2D eigenvalue weighted by atomic mass is 10.2. The number of rotatable bonds is 2. The summed E-state index contributed by atoms with van der Waals surface area (Å²) in [4.78, 5) is 27.4. The smallest absolute Gasteiger partial charge is 0.349 e. The Labute approximate surface area is 123 Å². The Hall–Kier alpha value is -0.760. The Kier molecular flexibility index (Phi) is 4.66. The molecule has 2 heterocycles. The first-order valence-corrected chi connectivity index (χ1v) is 5.87. The van der Waals surface area contributed by atoms with Crippen LogP contribution in [-0.4, -0.2) is 41.9 Å². The zero-order chi connectivity index (χ0) is 12.6. The van der Waals surface area contributed by atoms with E-state index in [-0.39, 0.29) is 36.2 Å². The minimum absolute atomic E-state index is 0. The molecule has 0 N–H and O–H groups in total. The van der Waals surface area contributed by atoms with E-state index in [1.807, 2.05) is 7.05 Å². The van der Waals surface area contributed by atoms with Gasteiger partial charge in [-0.25, -0.2) is 4.79 Å². The average Bonchev–Trinajstić information content (AvgIpc) is 2.56. The third-order valence-corrected chi connectivity index (χ3v) is 3.61. The Balaban J connectivity index is 0.00000162. The summed E-state index contributed by atoms with van der Waals surface area (Å²) in [5, 5.41) is 0. The van der Waals surface area contributed by atoms with E-state index in [1.165, 1.54) is 0 Å². The molecule has 2 aliphatic heterocycles. The number of hydrogen-bond donors (Lipinski definition) is 0. The molecule has 0 bridgehead atoms. The predicted molar refractivity (Wildman–Crippen MR) is 62.0 cm³/mol. The molecular weight excluding hydrogens is 347 g/mol. The highest BCUT2D eigenvalue weighted by Gasteiger charge is 2.46. The second-order valence-electron chi connectivity index (χ2n) is 4.63. The van der Waals surface area contributed by atoms with Crippen molar-refractivity contribution in [2.75, 3.05) is 13.7 Å². The monoisotopic (exact) mass is 364 g/mol. The van der Waals surface area contributed by atoms with Gasteiger partial charge in [-0.3, -0.25) is 9.28 Å². The molecule has 2 rings (SSSR count). The van der Waals surface area contributed by atoms with Crippen molar-refractivity contribution in [3.63, 3.8) is 0 Å². The molecule has 6 heteroatoms. The molecule has 0 radical (unpaired) electrons. The van der Waals surface area contributed by atoms with Crippen LogP contribution in [-0.2, 0) is 14.3 Å². The van der Waals surface area contributed by atoms with Crippen molar-refractivity contribution < 1.29 is 42.8 Å². The van der Waals surface area contributed by atoms with Crippen molar-refractivity contribution in [1.29, 1.82) is 0 Å². The maximum atomic E-state index is 11.7. The number of carbonyl (C=O) groups is 2. The number of amides is 1. The van der Waals surface area contributed by atoms with Crippen LogP contribution < -0.4 is 24.0 Å². The largest absolute Gasteiger partial charge is 1.00 e. The van der Waals surface area contributed by atoms with Crippen LogP contribution in [0.25, 0.3) is 0 Å². The van der Waals surface area contributed by atoms with Crippen LogP contribution in [0, 0.1) is 0 Å². The molecule has 0 aliphatic carbocycles. The van der Waals surface area contributed by atoms with Gasteiger partial charge in [0.1, 0.15) is 6.20 Å². The number of fused-ring (bicyclic) bond motifs is 1. The van der Waals surface area contributed by atoms with Crippen molar-refractivity contribution >= 4 is 17.7 Å². The highest BCUT2D eigenvalue weighted by atomic mass is 127. The summed E-state index contributed by atoms with van der Waals surface area (Å²) in [6.07, 6.45) is 3.49. The van der Waals surface area contributed by atoms with Gasteiger partial charge in [-0.15, -0.1) is 0 Å². The molecule has 5 nitrogen and oxygen atoms in total. The highest BCUT2D eigenvalue weighted by Crippen LogP contribution is 2.32. The van der Waals surface area contributed by atoms with Gasteiger partial charge in [0.05, 0.1) is 19.7 Å². The zero-order valence-electron chi connectivity index (χ0n) is 10.8. The maximum Gasteiger partial charge on any atom is 0.349 e. The lowest BCUT2D eigenvalue weighted by molar-refractivity contribution is -0.785. The number of carbonyl (C=O) groups excluding carboxylic acids is 2. The molecule has 0 aromatic carbocycles. The molecule has 0 saturated carbocycles. The molecular formula is C12H17IN2O3. The third kappa shape index (κ3) is 2.35. The summed E-state index contributed by atoms with van der Waals surface area (Å²) >= 11 is 0. The number of aliphatic imine (C=N–C) groups is 1.